The minimum Gasteiger partial charge on any atom is -0.361 e. The molecule has 1 aromatic rings. The van der Waals surface area contributed by atoms with Crippen molar-refractivity contribution < 1.29 is 14.1 Å². The predicted octanol–water partition coefficient (Wildman–Crippen LogP) is 0.524. The molecule has 0 unspecified atom stereocenters. The van der Waals surface area contributed by atoms with Crippen molar-refractivity contribution >= 4 is 11.9 Å². The molecule has 1 aromatic heterocycles. The molecule has 0 aliphatic heterocycles. The Morgan fingerprint density at radius 2 is 2.29 bits per heavy atom. The van der Waals surface area contributed by atoms with Crippen LogP contribution in [-0.2, 0) is 0 Å². The third-order valence-electron chi connectivity index (χ3n) is 1.67. The smallest absolute Gasteiger partial charge is 0.321 e. The fourth-order valence-electron chi connectivity index (χ4n) is 1.00. The third-order valence-corrected chi connectivity index (χ3v) is 1.67. The molecule has 6 heteroatoms. The first-order valence-corrected chi connectivity index (χ1v) is 4.11. The number of nitrogens with two attached hydrogens (primary N) is 1. The number of rotatable bonds is 2. The van der Waals surface area contributed by atoms with Gasteiger partial charge in [0.1, 0.15) is 5.76 Å². The Morgan fingerprint density at radius 1 is 1.64 bits per heavy atom. The van der Waals surface area contributed by atoms with Crippen LogP contribution in [0.2, 0.25) is 0 Å². The second-order valence-electron chi connectivity index (χ2n) is 2.71. The number of primary amides is 1. The first-order chi connectivity index (χ1) is 6.56. The van der Waals surface area contributed by atoms with Crippen molar-refractivity contribution in [1.82, 2.24) is 10.1 Å². The van der Waals surface area contributed by atoms with Gasteiger partial charge in [-0.15, -0.1) is 0 Å². The monoisotopic (exact) mass is 197 g/mol. The normalized spacial score (nSPS) is 9.86. The van der Waals surface area contributed by atoms with Gasteiger partial charge in [-0.3, -0.25) is 9.69 Å². The Labute approximate surface area is 80.6 Å². The molecule has 1 rings (SSSR count). The lowest BCUT2D eigenvalue weighted by atomic mass is 10.3. The standard InChI is InChI=1S/C8H11N3O3/c1-3-11(8(9)13)7(12)6-4-5(2)14-10-6/h4H,3H2,1-2H3,(H2,9,13). The number of aromatic nitrogens is 1. The van der Waals surface area contributed by atoms with Crippen molar-refractivity contribution in [2.75, 3.05) is 6.54 Å². The van der Waals surface area contributed by atoms with Crippen LogP contribution in [0, 0.1) is 6.92 Å². The van der Waals surface area contributed by atoms with Crippen LogP contribution in [0.25, 0.3) is 0 Å². The van der Waals surface area contributed by atoms with Gasteiger partial charge in [-0.2, -0.15) is 0 Å². The Balaban J connectivity index is 2.88. The minimum atomic E-state index is -0.793. The molecule has 0 fully saturated rings. The van der Waals surface area contributed by atoms with E-state index in [1.165, 1.54) is 6.07 Å². The van der Waals surface area contributed by atoms with Gasteiger partial charge in [-0.1, -0.05) is 5.16 Å². The van der Waals surface area contributed by atoms with Crippen molar-refractivity contribution in [3.8, 4) is 0 Å². The van der Waals surface area contributed by atoms with E-state index in [9.17, 15) is 9.59 Å². The molecule has 6 nitrogen and oxygen atoms in total. The number of hydrogen-bond donors (Lipinski definition) is 1. The van der Waals surface area contributed by atoms with Gasteiger partial charge in [-0.05, 0) is 13.8 Å². The van der Waals surface area contributed by atoms with Gasteiger partial charge in [0.25, 0.3) is 5.91 Å². The van der Waals surface area contributed by atoms with Crippen molar-refractivity contribution in [2.45, 2.75) is 13.8 Å². The van der Waals surface area contributed by atoms with Gasteiger partial charge >= 0.3 is 6.03 Å². The van der Waals surface area contributed by atoms with Crippen molar-refractivity contribution in [3.05, 3.63) is 17.5 Å². The molecular weight excluding hydrogens is 186 g/mol. The number of nitrogens with zero attached hydrogens (tertiary/aromatic N) is 2. The van der Waals surface area contributed by atoms with E-state index in [0.29, 0.717) is 5.76 Å². The fraction of sp³-hybridized carbons (Fsp3) is 0.375. The zero-order chi connectivity index (χ0) is 10.7. The third kappa shape index (κ3) is 1.90. The largest absolute Gasteiger partial charge is 0.361 e. The average molecular weight is 197 g/mol. The summed E-state index contributed by atoms with van der Waals surface area (Å²) < 4.78 is 4.71. The number of carbonyl (C=O) groups is 2. The van der Waals surface area contributed by atoms with E-state index in [-0.39, 0.29) is 12.2 Å². The summed E-state index contributed by atoms with van der Waals surface area (Å²) in [4.78, 5) is 23.2. The molecule has 0 saturated heterocycles. The number of carbonyl (C=O) groups excluding carboxylic acids is 2. The first-order valence-electron chi connectivity index (χ1n) is 4.11. The molecule has 14 heavy (non-hydrogen) atoms. The van der Waals surface area contributed by atoms with Gasteiger partial charge in [0.15, 0.2) is 5.69 Å². The molecule has 0 saturated carbocycles. The molecule has 0 radical (unpaired) electrons. The number of amides is 3. The highest BCUT2D eigenvalue weighted by Gasteiger charge is 2.21. The van der Waals surface area contributed by atoms with Crippen LogP contribution in [0.1, 0.15) is 23.2 Å². The summed E-state index contributed by atoms with van der Waals surface area (Å²) in [6.45, 7) is 3.51. The second-order valence-corrected chi connectivity index (χ2v) is 2.71. The molecule has 2 N–H and O–H groups in total. The molecule has 0 aromatic carbocycles. The first kappa shape index (κ1) is 10.2. The topological polar surface area (TPSA) is 89.4 Å². The van der Waals surface area contributed by atoms with Crippen LogP contribution in [-0.4, -0.2) is 28.5 Å². The van der Waals surface area contributed by atoms with Crippen LogP contribution in [0.5, 0.6) is 0 Å². The van der Waals surface area contributed by atoms with Crippen LogP contribution < -0.4 is 5.73 Å². The molecule has 0 bridgehead atoms. The number of urea groups is 1. The molecule has 0 atom stereocenters. The highest BCUT2D eigenvalue weighted by atomic mass is 16.5. The zero-order valence-corrected chi connectivity index (χ0v) is 7.98. The van der Waals surface area contributed by atoms with Crippen molar-refractivity contribution in [3.63, 3.8) is 0 Å². The molecule has 0 spiro atoms. The van der Waals surface area contributed by atoms with E-state index < -0.39 is 11.9 Å². The summed E-state index contributed by atoms with van der Waals surface area (Å²) in [5.74, 6) is -0.0364. The Hall–Kier alpha value is -1.85. The highest BCUT2D eigenvalue weighted by molar-refractivity contribution is 6.02. The molecule has 0 aliphatic carbocycles. The van der Waals surface area contributed by atoms with Crippen molar-refractivity contribution in [1.29, 1.82) is 0 Å². The van der Waals surface area contributed by atoms with E-state index in [0.717, 1.165) is 4.90 Å². The van der Waals surface area contributed by atoms with Gasteiger partial charge < -0.3 is 10.3 Å². The molecule has 3 amide bonds. The molecule has 1 heterocycles. The van der Waals surface area contributed by atoms with Gasteiger partial charge in [0.05, 0.1) is 0 Å². The SMILES string of the molecule is CCN(C(N)=O)C(=O)c1cc(C)on1. The number of hydrogen-bond acceptors (Lipinski definition) is 4. The number of imide groups is 1. The van der Waals surface area contributed by atoms with E-state index in [1.54, 1.807) is 13.8 Å². The highest BCUT2D eigenvalue weighted by Crippen LogP contribution is 2.05. The predicted molar refractivity (Wildman–Crippen MR) is 47.5 cm³/mol. The van der Waals surface area contributed by atoms with Gasteiger partial charge in [0, 0.05) is 12.6 Å². The zero-order valence-electron chi connectivity index (χ0n) is 7.98. The minimum absolute atomic E-state index is 0.0863. The quantitative estimate of drug-likeness (QED) is 0.748. The van der Waals surface area contributed by atoms with E-state index in [1.807, 2.05) is 0 Å². The lowest BCUT2D eigenvalue weighted by molar-refractivity contribution is 0.0805. The summed E-state index contributed by atoms with van der Waals surface area (Å²) in [5.41, 5.74) is 5.09. The fourth-order valence-corrected chi connectivity index (χ4v) is 1.00. The summed E-state index contributed by atoms with van der Waals surface area (Å²) in [5, 5.41) is 3.49. The van der Waals surface area contributed by atoms with Crippen molar-refractivity contribution in [2.24, 2.45) is 5.73 Å². The van der Waals surface area contributed by atoms with Crippen LogP contribution >= 0.6 is 0 Å². The maximum Gasteiger partial charge on any atom is 0.321 e. The molecule has 0 aliphatic rings. The lowest BCUT2D eigenvalue weighted by Gasteiger charge is -2.13. The van der Waals surface area contributed by atoms with Crippen LogP contribution in [0.15, 0.2) is 10.6 Å². The van der Waals surface area contributed by atoms with E-state index in [2.05, 4.69) is 5.16 Å². The lowest BCUT2D eigenvalue weighted by Crippen LogP contribution is -2.40. The van der Waals surface area contributed by atoms with Crippen LogP contribution in [0.4, 0.5) is 4.79 Å². The Morgan fingerprint density at radius 3 is 2.64 bits per heavy atom. The molecular formula is C8H11N3O3. The molecule has 76 valence electrons. The number of aryl methyl sites for hydroxylation is 1. The maximum absolute atomic E-state index is 11.5. The summed E-state index contributed by atoms with van der Waals surface area (Å²) in [7, 11) is 0. The Bertz CT molecular complexity index is 358. The Kier molecular flexibility index (Phi) is 2.85. The summed E-state index contributed by atoms with van der Waals surface area (Å²) >= 11 is 0. The van der Waals surface area contributed by atoms with Crippen LogP contribution in [0.3, 0.4) is 0 Å². The summed E-state index contributed by atoms with van der Waals surface area (Å²) in [6, 6.07) is 0.659. The maximum atomic E-state index is 11.5. The second kappa shape index (κ2) is 3.91. The van der Waals surface area contributed by atoms with E-state index >= 15 is 0 Å². The van der Waals surface area contributed by atoms with Gasteiger partial charge in [-0.25, -0.2) is 4.79 Å². The summed E-state index contributed by atoms with van der Waals surface area (Å²) in [6.07, 6.45) is 0. The average Bonchev–Trinajstić information content (AvgIpc) is 2.52. The van der Waals surface area contributed by atoms with E-state index in [4.69, 9.17) is 10.3 Å². The van der Waals surface area contributed by atoms with Gasteiger partial charge in [0.2, 0.25) is 0 Å².